The fraction of sp³-hybridized carbons (Fsp3) is 0.692. The molecule has 0 aromatic heterocycles. The number of nitrogens with zero attached hydrogens (tertiary/aromatic N) is 2. The smallest absolute Gasteiger partial charge is 0.412 e. The highest BCUT2D eigenvalue weighted by Gasteiger charge is 2.37. The molecule has 1 fully saturated rings. The molecule has 8 heteroatoms. The summed E-state index contributed by atoms with van der Waals surface area (Å²) >= 11 is 0. The third kappa shape index (κ3) is 3.68. The Balaban J connectivity index is 1.96. The molecular weight excluding hydrogens is 289 g/mol. The summed E-state index contributed by atoms with van der Waals surface area (Å²) in [6.07, 6.45) is -2.41. The molecule has 2 rings (SSSR count). The number of likely N-dealkylation sites (tertiary alicyclic amines) is 1. The summed E-state index contributed by atoms with van der Waals surface area (Å²) in [5.74, 6) is -1.53. The van der Waals surface area contributed by atoms with Gasteiger partial charge in [0.1, 0.15) is 0 Å². The number of alkyl halides is 3. The maximum atomic E-state index is 12.5. The van der Waals surface area contributed by atoms with Gasteiger partial charge in [0.05, 0.1) is 5.92 Å². The molecule has 21 heavy (non-hydrogen) atoms. The first-order valence-corrected chi connectivity index (χ1v) is 6.82. The highest BCUT2D eigenvalue weighted by Crippen LogP contribution is 2.30. The largest absolute Gasteiger partial charge is 0.481 e. The van der Waals surface area contributed by atoms with E-state index in [0.717, 1.165) is 6.08 Å². The molecule has 0 bridgehead atoms. The normalized spacial score (nSPS) is 23.8. The number of carbonyl (C=O) groups is 2. The van der Waals surface area contributed by atoms with E-state index in [9.17, 15) is 22.8 Å². The fourth-order valence-corrected chi connectivity index (χ4v) is 2.65. The molecule has 0 radical (unpaired) electrons. The first-order valence-electron chi connectivity index (χ1n) is 6.82. The van der Waals surface area contributed by atoms with E-state index in [2.05, 4.69) is 0 Å². The van der Waals surface area contributed by atoms with E-state index >= 15 is 0 Å². The Kier molecular flexibility index (Phi) is 4.43. The van der Waals surface area contributed by atoms with Crippen molar-refractivity contribution >= 4 is 12.0 Å². The Morgan fingerprint density at radius 1 is 1.24 bits per heavy atom. The highest BCUT2D eigenvalue weighted by molar-refractivity contribution is 5.77. The molecule has 2 heterocycles. The van der Waals surface area contributed by atoms with Crippen molar-refractivity contribution in [2.24, 2.45) is 5.92 Å². The summed E-state index contributed by atoms with van der Waals surface area (Å²) in [6.45, 7) is 0.510. The number of carbonyl (C=O) groups excluding carboxylic acids is 1. The number of halogens is 3. The van der Waals surface area contributed by atoms with Gasteiger partial charge < -0.3 is 14.9 Å². The summed E-state index contributed by atoms with van der Waals surface area (Å²) in [6, 6.07) is -0.376. The Bertz CT molecular complexity index is 462. The molecule has 1 saturated heterocycles. The number of urea groups is 1. The third-order valence-electron chi connectivity index (χ3n) is 3.88. The maximum Gasteiger partial charge on any atom is 0.412 e. The van der Waals surface area contributed by atoms with Gasteiger partial charge >= 0.3 is 18.2 Å². The number of hydrogen-bond donors (Lipinski definition) is 1. The first kappa shape index (κ1) is 15.7. The monoisotopic (exact) mass is 306 g/mol. The van der Waals surface area contributed by atoms with Gasteiger partial charge in [-0.05, 0) is 19.3 Å². The summed E-state index contributed by atoms with van der Waals surface area (Å²) < 4.78 is 37.6. The molecule has 1 atom stereocenters. The molecule has 2 amide bonds. The number of piperidine rings is 1. The van der Waals surface area contributed by atoms with Crippen LogP contribution in [0.4, 0.5) is 18.0 Å². The van der Waals surface area contributed by atoms with Crippen LogP contribution in [0.2, 0.25) is 0 Å². The van der Waals surface area contributed by atoms with Crippen LogP contribution in [-0.2, 0) is 4.79 Å². The van der Waals surface area contributed by atoms with Crippen molar-refractivity contribution in [3.63, 3.8) is 0 Å². The molecule has 1 N–H and O–H groups in total. The van der Waals surface area contributed by atoms with Crippen LogP contribution >= 0.6 is 0 Å². The number of aliphatic carboxylic acids is 1. The van der Waals surface area contributed by atoms with E-state index < -0.39 is 23.6 Å². The Morgan fingerprint density at radius 2 is 1.95 bits per heavy atom. The van der Waals surface area contributed by atoms with Crippen LogP contribution in [0.3, 0.4) is 0 Å². The van der Waals surface area contributed by atoms with Gasteiger partial charge in [0.2, 0.25) is 0 Å². The minimum Gasteiger partial charge on any atom is -0.481 e. The lowest BCUT2D eigenvalue weighted by Gasteiger charge is -2.36. The van der Waals surface area contributed by atoms with E-state index in [-0.39, 0.29) is 32.1 Å². The molecule has 0 aromatic rings. The van der Waals surface area contributed by atoms with Crippen LogP contribution in [0.25, 0.3) is 0 Å². The van der Waals surface area contributed by atoms with Gasteiger partial charge in [0, 0.05) is 31.8 Å². The summed E-state index contributed by atoms with van der Waals surface area (Å²) in [5.41, 5.74) is -0.603. The van der Waals surface area contributed by atoms with Crippen molar-refractivity contribution in [2.45, 2.75) is 25.4 Å². The van der Waals surface area contributed by atoms with Crippen molar-refractivity contribution in [3.05, 3.63) is 11.6 Å². The third-order valence-corrected chi connectivity index (χ3v) is 3.88. The minimum absolute atomic E-state index is 0.0123. The maximum absolute atomic E-state index is 12.5. The molecule has 0 unspecified atom stereocenters. The van der Waals surface area contributed by atoms with E-state index in [1.165, 1.54) is 9.80 Å². The fourth-order valence-electron chi connectivity index (χ4n) is 2.65. The molecule has 2 aliphatic rings. The van der Waals surface area contributed by atoms with Crippen LogP contribution in [0.15, 0.2) is 11.6 Å². The van der Waals surface area contributed by atoms with E-state index in [1.54, 1.807) is 0 Å². The Morgan fingerprint density at radius 3 is 2.48 bits per heavy atom. The second-order valence-electron chi connectivity index (χ2n) is 5.33. The molecule has 2 aliphatic heterocycles. The van der Waals surface area contributed by atoms with E-state index in [1.807, 2.05) is 0 Å². The molecule has 0 aromatic carbocycles. The average Bonchev–Trinajstić information content (AvgIpc) is 2.46. The predicted molar refractivity (Wildman–Crippen MR) is 67.7 cm³/mol. The van der Waals surface area contributed by atoms with Crippen LogP contribution in [-0.4, -0.2) is 59.3 Å². The zero-order valence-corrected chi connectivity index (χ0v) is 11.4. The lowest BCUT2D eigenvalue weighted by atomic mass is 9.98. The molecule has 0 spiro atoms. The van der Waals surface area contributed by atoms with Crippen molar-refractivity contribution < 1.29 is 27.9 Å². The highest BCUT2D eigenvalue weighted by atomic mass is 19.4. The second kappa shape index (κ2) is 5.95. The number of carboxylic acid groups (broad SMARTS) is 1. The second-order valence-corrected chi connectivity index (χ2v) is 5.33. The quantitative estimate of drug-likeness (QED) is 0.755. The van der Waals surface area contributed by atoms with Gasteiger partial charge in [0.15, 0.2) is 0 Å². The van der Waals surface area contributed by atoms with Gasteiger partial charge in [-0.15, -0.1) is 0 Å². The van der Waals surface area contributed by atoms with Crippen molar-refractivity contribution in [2.75, 3.05) is 26.2 Å². The van der Waals surface area contributed by atoms with Crippen molar-refractivity contribution in [1.82, 2.24) is 9.80 Å². The van der Waals surface area contributed by atoms with Gasteiger partial charge in [-0.25, -0.2) is 4.79 Å². The summed E-state index contributed by atoms with van der Waals surface area (Å²) in [7, 11) is 0. The van der Waals surface area contributed by atoms with Gasteiger partial charge in [0.25, 0.3) is 0 Å². The van der Waals surface area contributed by atoms with Crippen LogP contribution < -0.4 is 0 Å². The lowest BCUT2D eigenvalue weighted by molar-refractivity contribution is -0.143. The van der Waals surface area contributed by atoms with E-state index in [0.29, 0.717) is 19.4 Å². The predicted octanol–water partition coefficient (Wildman–Crippen LogP) is 2.10. The van der Waals surface area contributed by atoms with E-state index in [4.69, 9.17) is 5.11 Å². The summed E-state index contributed by atoms with van der Waals surface area (Å²) in [5, 5.41) is 8.99. The molecule has 0 aliphatic carbocycles. The molecular formula is C13H17F3N2O3. The van der Waals surface area contributed by atoms with Crippen LogP contribution in [0.1, 0.15) is 19.3 Å². The van der Waals surface area contributed by atoms with Crippen molar-refractivity contribution in [3.8, 4) is 0 Å². The summed E-state index contributed by atoms with van der Waals surface area (Å²) in [4.78, 5) is 26.0. The van der Waals surface area contributed by atoms with Gasteiger partial charge in [-0.2, -0.15) is 13.2 Å². The molecule has 0 saturated carbocycles. The van der Waals surface area contributed by atoms with Crippen LogP contribution in [0.5, 0.6) is 0 Å². The van der Waals surface area contributed by atoms with Crippen molar-refractivity contribution in [1.29, 1.82) is 0 Å². The number of amides is 2. The molecule has 5 nitrogen and oxygen atoms in total. The van der Waals surface area contributed by atoms with Gasteiger partial charge in [-0.1, -0.05) is 6.08 Å². The van der Waals surface area contributed by atoms with Gasteiger partial charge in [-0.3, -0.25) is 4.79 Å². The Hall–Kier alpha value is -1.73. The standard InChI is InChI=1S/C13H17F3N2O3/c14-13(15,16)10-3-6-17(7-4-10)12(21)18-5-1-2-9(8-18)11(19)20/h3,9H,1-2,4-8H2,(H,19,20)/t9-/m0/s1. The minimum atomic E-state index is -4.34. The number of hydrogen-bond acceptors (Lipinski definition) is 2. The number of carboxylic acids is 1. The first-order chi connectivity index (χ1) is 9.79. The molecule has 118 valence electrons. The lowest BCUT2D eigenvalue weighted by Crippen LogP contribution is -2.50. The number of rotatable bonds is 1. The topological polar surface area (TPSA) is 60.9 Å². The zero-order valence-electron chi connectivity index (χ0n) is 11.4. The van der Waals surface area contributed by atoms with Crippen LogP contribution in [0, 0.1) is 5.92 Å². The Labute approximate surface area is 120 Å². The zero-order chi connectivity index (χ0) is 15.6. The average molecular weight is 306 g/mol. The SMILES string of the molecule is O=C(O)[C@H]1CCCN(C(=O)N2CC=C(C(F)(F)F)CC2)C1.